The second-order valence-electron chi connectivity index (χ2n) is 8.22. The molecule has 0 spiro atoms. The Hall–Kier alpha value is -1.96. The predicted octanol–water partition coefficient (Wildman–Crippen LogP) is 6.02. The number of anilines is 3. The first-order valence-electron chi connectivity index (χ1n) is 9.62. The van der Waals surface area contributed by atoms with Crippen molar-refractivity contribution in [3.05, 3.63) is 53.6 Å². The smallest absolute Gasteiger partial charge is 0.103 e. The van der Waals surface area contributed by atoms with Crippen LogP contribution in [0.1, 0.15) is 45.7 Å². The van der Waals surface area contributed by atoms with E-state index >= 15 is 0 Å². The summed E-state index contributed by atoms with van der Waals surface area (Å²) < 4.78 is 0. The lowest BCUT2D eigenvalue weighted by Crippen LogP contribution is -2.36. The van der Waals surface area contributed by atoms with Crippen molar-refractivity contribution in [2.45, 2.75) is 53.6 Å². The first-order chi connectivity index (χ1) is 11.9. The molecule has 0 bridgehead atoms. The van der Waals surface area contributed by atoms with Gasteiger partial charge < -0.3 is 9.80 Å². The number of hydrogen-bond donors (Lipinski definition) is 0. The zero-order chi connectivity index (χ0) is 18.1. The van der Waals surface area contributed by atoms with Crippen LogP contribution in [0.3, 0.4) is 0 Å². The number of nitrogens with zero attached hydrogens (tertiary/aromatic N) is 2. The maximum absolute atomic E-state index is 2.56. The Balaban J connectivity index is 2.17. The summed E-state index contributed by atoms with van der Waals surface area (Å²) in [5.41, 5.74) is 7.05. The van der Waals surface area contributed by atoms with E-state index in [1.54, 1.807) is 0 Å². The molecule has 0 saturated carbocycles. The van der Waals surface area contributed by atoms with Crippen LogP contribution in [0, 0.1) is 11.8 Å². The molecule has 0 radical (unpaired) electrons. The molecule has 0 aliphatic carbocycles. The second kappa shape index (κ2) is 7.11. The van der Waals surface area contributed by atoms with Gasteiger partial charge in [-0.05, 0) is 54.9 Å². The molecule has 0 fully saturated rings. The maximum atomic E-state index is 2.56. The molecule has 0 N–H and O–H groups in total. The number of fused-ring (bicyclic) bond motifs is 1. The average Bonchev–Trinajstić information content (AvgIpc) is 2.79. The van der Waals surface area contributed by atoms with Gasteiger partial charge in [-0.15, -0.1) is 0 Å². The Bertz CT molecular complexity index is 704. The van der Waals surface area contributed by atoms with Gasteiger partial charge in [0, 0.05) is 12.7 Å². The summed E-state index contributed by atoms with van der Waals surface area (Å²) in [6.45, 7) is 11.6. The van der Waals surface area contributed by atoms with Gasteiger partial charge in [0.05, 0.1) is 11.4 Å². The Morgan fingerprint density at radius 1 is 0.800 bits per heavy atom. The molecule has 1 atom stereocenters. The van der Waals surface area contributed by atoms with Gasteiger partial charge in [-0.25, -0.2) is 0 Å². The number of rotatable bonds is 5. The molecule has 3 rings (SSSR count). The Morgan fingerprint density at radius 3 is 1.84 bits per heavy atom. The zero-order valence-electron chi connectivity index (χ0n) is 16.6. The fourth-order valence-electron chi connectivity index (χ4n) is 4.01. The third-order valence-electron chi connectivity index (χ3n) is 5.16. The summed E-state index contributed by atoms with van der Waals surface area (Å²) in [6.07, 6.45) is 2.57. The quantitative estimate of drug-likeness (QED) is 0.659. The molecule has 1 aliphatic heterocycles. The molecule has 1 heterocycles. The van der Waals surface area contributed by atoms with Gasteiger partial charge >= 0.3 is 0 Å². The molecule has 1 aliphatic rings. The summed E-state index contributed by atoms with van der Waals surface area (Å²) in [7, 11) is 2.21. The van der Waals surface area contributed by atoms with E-state index in [4.69, 9.17) is 0 Å². The van der Waals surface area contributed by atoms with Crippen LogP contribution in [0.25, 0.3) is 0 Å². The minimum absolute atomic E-state index is 0.330. The van der Waals surface area contributed by atoms with Crippen LogP contribution in [-0.2, 0) is 12.8 Å². The summed E-state index contributed by atoms with van der Waals surface area (Å²) >= 11 is 0. The van der Waals surface area contributed by atoms with Crippen molar-refractivity contribution in [2.75, 3.05) is 16.8 Å². The van der Waals surface area contributed by atoms with Crippen LogP contribution < -0.4 is 9.80 Å². The average molecular weight is 337 g/mol. The van der Waals surface area contributed by atoms with Crippen molar-refractivity contribution in [2.24, 2.45) is 11.8 Å². The van der Waals surface area contributed by atoms with E-state index in [-0.39, 0.29) is 0 Å². The van der Waals surface area contributed by atoms with Gasteiger partial charge in [0.15, 0.2) is 0 Å². The standard InChI is InChI=1S/C23H32N2/c1-16(2)14-19-10-9-11-20(15-17(3)4)23(19)25-18(5)24(6)21-12-7-8-13-22(21)25/h7-13,16-18H,14-15H2,1-6H3. The number of benzene rings is 2. The van der Waals surface area contributed by atoms with Gasteiger partial charge in [0.25, 0.3) is 0 Å². The summed E-state index contributed by atoms with van der Waals surface area (Å²) in [5, 5.41) is 0. The van der Waals surface area contributed by atoms with E-state index in [0.717, 1.165) is 12.8 Å². The lowest BCUT2D eigenvalue weighted by atomic mass is 9.93. The van der Waals surface area contributed by atoms with Crippen molar-refractivity contribution >= 4 is 17.1 Å². The highest BCUT2D eigenvalue weighted by Crippen LogP contribution is 2.46. The highest BCUT2D eigenvalue weighted by atomic mass is 15.4. The van der Waals surface area contributed by atoms with Gasteiger partial charge in [0.1, 0.15) is 6.17 Å². The van der Waals surface area contributed by atoms with Crippen LogP contribution in [0.2, 0.25) is 0 Å². The Kier molecular flexibility index (Phi) is 5.08. The van der Waals surface area contributed by atoms with Crippen molar-refractivity contribution in [1.29, 1.82) is 0 Å². The summed E-state index contributed by atoms with van der Waals surface area (Å²) in [4.78, 5) is 4.95. The predicted molar refractivity (Wildman–Crippen MR) is 110 cm³/mol. The molecule has 0 aromatic heterocycles. The lowest BCUT2D eigenvalue weighted by molar-refractivity contribution is 0.629. The minimum atomic E-state index is 0.330. The zero-order valence-corrected chi connectivity index (χ0v) is 16.6. The highest BCUT2D eigenvalue weighted by molar-refractivity contribution is 5.85. The second-order valence-corrected chi connectivity index (χ2v) is 8.22. The number of hydrogen-bond acceptors (Lipinski definition) is 2. The SMILES string of the molecule is CC(C)Cc1cccc(CC(C)C)c1N1c2ccccc2N(C)C1C. The third-order valence-corrected chi connectivity index (χ3v) is 5.16. The number of para-hydroxylation sites is 3. The highest BCUT2D eigenvalue weighted by Gasteiger charge is 2.33. The maximum Gasteiger partial charge on any atom is 0.103 e. The molecule has 2 aromatic carbocycles. The summed E-state index contributed by atoms with van der Waals surface area (Å²) in [5.74, 6) is 1.30. The van der Waals surface area contributed by atoms with Crippen LogP contribution in [0.4, 0.5) is 17.1 Å². The lowest BCUT2D eigenvalue weighted by Gasteiger charge is -2.32. The topological polar surface area (TPSA) is 6.48 Å². The largest absolute Gasteiger partial charge is 0.353 e. The van der Waals surface area contributed by atoms with Crippen LogP contribution in [-0.4, -0.2) is 13.2 Å². The van der Waals surface area contributed by atoms with Crippen molar-refractivity contribution in [3.8, 4) is 0 Å². The molecule has 1 unspecified atom stereocenters. The van der Waals surface area contributed by atoms with Crippen molar-refractivity contribution in [3.63, 3.8) is 0 Å². The van der Waals surface area contributed by atoms with E-state index in [1.165, 1.54) is 28.2 Å². The van der Waals surface area contributed by atoms with Crippen LogP contribution >= 0.6 is 0 Å². The first kappa shape index (κ1) is 17.8. The molecular weight excluding hydrogens is 304 g/mol. The molecule has 0 saturated heterocycles. The molecule has 2 aromatic rings. The van der Waals surface area contributed by atoms with E-state index in [1.807, 2.05) is 0 Å². The fraction of sp³-hybridized carbons (Fsp3) is 0.478. The van der Waals surface area contributed by atoms with Gasteiger partial charge in [-0.1, -0.05) is 58.0 Å². The van der Waals surface area contributed by atoms with E-state index in [2.05, 4.69) is 93.9 Å². The monoisotopic (exact) mass is 336 g/mol. The van der Waals surface area contributed by atoms with E-state index < -0.39 is 0 Å². The summed E-state index contributed by atoms with van der Waals surface area (Å²) in [6, 6.07) is 15.7. The molecular formula is C23H32N2. The van der Waals surface area contributed by atoms with Crippen LogP contribution in [0.5, 0.6) is 0 Å². The molecule has 2 nitrogen and oxygen atoms in total. The third kappa shape index (κ3) is 3.40. The molecule has 25 heavy (non-hydrogen) atoms. The van der Waals surface area contributed by atoms with E-state index in [0.29, 0.717) is 18.0 Å². The Labute approximate surface area is 153 Å². The minimum Gasteiger partial charge on any atom is -0.353 e. The van der Waals surface area contributed by atoms with Crippen molar-refractivity contribution < 1.29 is 0 Å². The van der Waals surface area contributed by atoms with Crippen LogP contribution in [0.15, 0.2) is 42.5 Å². The van der Waals surface area contributed by atoms with Crippen molar-refractivity contribution in [1.82, 2.24) is 0 Å². The van der Waals surface area contributed by atoms with Gasteiger partial charge in [0.2, 0.25) is 0 Å². The van der Waals surface area contributed by atoms with Gasteiger partial charge in [-0.2, -0.15) is 0 Å². The molecule has 0 amide bonds. The fourth-order valence-corrected chi connectivity index (χ4v) is 4.01. The van der Waals surface area contributed by atoms with E-state index in [9.17, 15) is 0 Å². The van der Waals surface area contributed by atoms with Gasteiger partial charge in [-0.3, -0.25) is 0 Å². The normalized spacial score (nSPS) is 16.9. The molecule has 2 heteroatoms. The first-order valence-corrected chi connectivity index (χ1v) is 9.62. The molecule has 134 valence electrons. The Morgan fingerprint density at radius 2 is 1.32 bits per heavy atom.